The van der Waals surface area contributed by atoms with Crippen LogP contribution in [0.1, 0.15) is 25.3 Å². The van der Waals surface area contributed by atoms with E-state index in [1.54, 1.807) is 6.92 Å². The van der Waals surface area contributed by atoms with Gasteiger partial charge in [0.05, 0.1) is 0 Å². The Labute approximate surface area is 117 Å². The number of rotatable bonds is 6. The van der Waals surface area contributed by atoms with Crippen molar-refractivity contribution in [2.75, 3.05) is 6.54 Å². The van der Waals surface area contributed by atoms with Gasteiger partial charge in [-0.2, -0.15) is 0 Å². The quantitative estimate of drug-likeness (QED) is 0.876. The highest BCUT2D eigenvalue weighted by molar-refractivity contribution is 7.99. The summed E-state index contributed by atoms with van der Waals surface area (Å²) in [7, 11) is 0. The molecule has 0 saturated carbocycles. The van der Waals surface area contributed by atoms with Crippen molar-refractivity contribution in [2.24, 2.45) is 5.92 Å². The average molecular weight is 278 g/mol. The monoisotopic (exact) mass is 278 g/mol. The van der Waals surface area contributed by atoms with Gasteiger partial charge >= 0.3 is 0 Å². The highest BCUT2D eigenvalue weighted by atomic mass is 32.2. The zero-order valence-corrected chi connectivity index (χ0v) is 12.2. The van der Waals surface area contributed by atoms with Crippen LogP contribution in [0.5, 0.6) is 0 Å². The molecule has 6 heteroatoms. The minimum absolute atomic E-state index is 0.524. The molecule has 0 bridgehead atoms. The van der Waals surface area contributed by atoms with Crippen LogP contribution in [-0.2, 0) is 6.54 Å². The molecule has 0 aliphatic heterocycles. The van der Waals surface area contributed by atoms with Crippen molar-refractivity contribution >= 4 is 11.8 Å². The Morgan fingerprint density at radius 2 is 2.16 bits per heavy atom. The number of nitrogens with zero attached hydrogens (tertiary/aromatic N) is 3. The number of hydrogen-bond acceptors (Lipinski definition) is 6. The molecule has 0 aromatic carbocycles. The summed E-state index contributed by atoms with van der Waals surface area (Å²) in [6.45, 7) is 8.01. The molecule has 2 aromatic heterocycles. The van der Waals surface area contributed by atoms with Gasteiger partial charge in [0.1, 0.15) is 5.03 Å². The predicted molar refractivity (Wildman–Crippen MR) is 73.9 cm³/mol. The smallest absolute Gasteiger partial charge is 0.282 e. The third-order valence-corrected chi connectivity index (χ3v) is 3.17. The van der Waals surface area contributed by atoms with Gasteiger partial charge in [-0.25, -0.2) is 4.98 Å². The maximum Gasteiger partial charge on any atom is 0.282 e. The van der Waals surface area contributed by atoms with E-state index in [0.717, 1.165) is 18.1 Å². The third kappa shape index (κ3) is 4.65. The van der Waals surface area contributed by atoms with Gasteiger partial charge < -0.3 is 9.73 Å². The van der Waals surface area contributed by atoms with Crippen LogP contribution in [0, 0.1) is 12.8 Å². The van der Waals surface area contributed by atoms with Crippen molar-refractivity contribution in [1.82, 2.24) is 20.5 Å². The van der Waals surface area contributed by atoms with Crippen molar-refractivity contribution < 1.29 is 4.42 Å². The lowest BCUT2D eigenvalue weighted by molar-refractivity contribution is 0.429. The molecule has 2 aromatic rings. The first-order chi connectivity index (χ1) is 9.13. The zero-order valence-electron chi connectivity index (χ0n) is 11.4. The largest absolute Gasteiger partial charge is 0.416 e. The fourth-order valence-corrected chi connectivity index (χ4v) is 2.15. The Hall–Kier alpha value is -1.40. The summed E-state index contributed by atoms with van der Waals surface area (Å²) in [5.41, 5.74) is 1.17. The summed E-state index contributed by atoms with van der Waals surface area (Å²) in [6, 6.07) is 4.03. The van der Waals surface area contributed by atoms with Crippen LogP contribution in [0.25, 0.3) is 0 Å². The highest BCUT2D eigenvalue weighted by Gasteiger charge is 2.06. The van der Waals surface area contributed by atoms with Crippen LogP contribution < -0.4 is 5.32 Å². The summed E-state index contributed by atoms with van der Waals surface area (Å²) >= 11 is 1.37. The number of nitrogens with one attached hydrogen (secondary N) is 1. The molecule has 0 saturated heterocycles. The molecular weight excluding hydrogens is 260 g/mol. The minimum atomic E-state index is 0.524. The van der Waals surface area contributed by atoms with Crippen LogP contribution >= 0.6 is 11.8 Å². The van der Waals surface area contributed by atoms with Crippen molar-refractivity contribution in [3.8, 4) is 0 Å². The molecule has 0 unspecified atom stereocenters. The van der Waals surface area contributed by atoms with E-state index in [-0.39, 0.29) is 0 Å². The third-order valence-electron chi connectivity index (χ3n) is 2.38. The SMILES string of the molecule is Cc1nnc(Sc2ccc(CNCC(C)C)cn2)o1. The topological polar surface area (TPSA) is 63.8 Å². The van der Waals surface area contributed by atoms with Gasteiger partial charge in [0, 0.05) is 19.7 Å². The van der Waals surface area contributed by atoms with Gasteiger partial charge in [-0.15, -0.1) is 10.2 Å². The van der Waals surface area contributed by atoms with Crippen molar-refractivity contribution in [3.63, 3.8) is 0 Å². The van der Waals surface area contributed by atoms with Gasteiger partial charge in [-0.1, -0.05) is 19.9 Å². The van der Waals surface area contributed by atoms with E-state index in [1.165, 1.54) is 17.3 Å². The molecule has 0 radical (unpaired) electrons. The fourth-order valence-electron chi connectivity index (χ4n) is 1.49. The lowest BCUT2D eigenvalue weighted by atomic mass is 10.2. The van der Waals surface area contributed by atoms with Crippen molar-refractivity contribution in [3.05, 3.63) is 29.8 Å². The summed E-state index contributed by atoms with van der Waals surface area (Å²) in [5.74, 6) is 1.22. The molecule has 0 atom stereocenters. The normalized spacial score (nSPS) is 11.2. The summed E-state index contributed by atoms with van der Waals surface area (Å²) in [4.78, 5) is 4.38. The Morgan fingerprint density at radius 3 is 2.74 bits per heavy atom. The Balaban J connectivity index is 1.87. The van der Waals surface area contributed by atoms with Crippen molar-refractivity contribution in [1.29, 1.82) is 0 Å². The second-order valence-electron chi connectivity index (χ2n) is 4.72. The lowest BCUT2D eigenvalue weighted by Gasteiger charge is -2.07. The summed E-state index contributed by atoms with van der Waals surface area (Å²) in [5, 5.41) is 12.5. The minimum Gasteiger partial charge on any atom is -0.416 e. The molecule has 0 aliphatic carbocycles. The van der Waals surface area contributed by atoms with E-state index < -0.39 is 0 Å². The van der Waals surface area contributed by atoms with Crippen LogP contribution in [-0.4, -0.2) is 21.7 Å². The fraction of sp³-hybridized carbons (Fsp3) is 0.462. The Morgan fingerprint density at radius 1 is 1.32 bits per heavy atom. The first-order valence-corrected chi connectivity index (χ1v) is 7.08. The highest BCUT2D eigenvalue weighted by Crippen LogP contribution is 2.24. The van der Waals surface area contributed by atoms with Gasteiger partial charge in [0.25, 0.3) is 5.22 Å². The molecule has 19 heavy (non-hydrogen) atoms. The number of aromatic nitrogens is 3. The molecule has 1 N–H and O–H groups in total. The van der Waals surface area contributed by atoms with Crippen LogP contribution in [0.3, 0.4) is 0 Å². The molecule has 0 amide bonds. The molecule has 2 rings (SSSR count). The number of aryl methyl sites for hydroxylation is 1. The van der Waals surface area contributed by atoms with Crippen molar-refractivity contribution in [2.45, 2.75) is 37.6 Å². The molecule has 0 fully saturated rings. The molecular formula is C13H18N4OS. The molecule has 0 spiro atoms. The van der Waals surface area contributed by atoms with Gasteiger partial charge in [-0.05, 0) is 35.9 Å². The van der Waals surface area contributed by atoms with E-state index >= 15 is 0 Å². The first kappa shape index (κ1) is 14.0. The summed E-state index contributed by atoms with van der Waals surface area (Å²) < 4.78 is 5.30. The van der Waals surface area contributed by atoms with Gasteiger partial charge in [0.15, 0.2) is 0 Å². The average Bonchev–Trinajstić information content (AvgIpc) is 2.77. The van der Waals surface area contributed by atoms with E-state index in [2.05, 4.69) is 40.4 Å². The molecule has 5 nitrogen and oxygen atoms in total. The molecule has 0 aliphatic rings. The van der Waals surface area contributed by atoms with Gasteiger partial charge in [-0.3, -0.25) is 0 Å². The first-order valence-electron chi connectivity index (χ1n) is 6.27. The standard InChI is InChI=1S/C13H18N4OS/c1-9(2)6-14-7-11-4-5-12(15-8-11)19-13-17-16-10(3)18-13/h4-5,8-9,14H,6-7H2,1-3H3. The van der Waals surface area contributed by atoms with Crippen LogP contribution in [0.2, 0.25) is 0 Å². The zero-order chi connectivity index (χ0) is 13.7. The Bertz CT molecular complexity index is 510. The molecule has 102 valence electrons. The van der Waals surface area contributed by atoms with E-state index in [9.17, 15) is 0 Å². The molecule has 2 heterocycles. The Kier molecular flexibility index (Phi) is 4.93. The maximum absolute atomic E-state index is 5.30. The second kappa shape index (κ2) is 6.68. The van der Waals surface area contributed by atoms with Gasteiger partial charge in [0.2, 0.25) is 5.89 Å². The summed E-state index contributed by atoms with van der Waals surface area (Å²) in [6.07, 6.45) is 1.87. The van der Waals surface area contributed by atoms with Crippen LogP contribution in [0.4, 0.5) is 0 Å². The number of pyridine rings is 1. The lowest BCUT2D eigenvalue weighted by Crippen LogP contribution is -2.18. The van der Waals surface area contributed by atoms with E-state index in [0.29, 0.717) is 17.0 Å². The number of hydrogen-bond donors (Lipinski definition) is 1. The van der Waals surface area contributed by atoms with E-state index in [4.69, 9.17) is 4.42 Å². The maximum atomic E-state index is 5.30. The predicted octanol–water partition coefficient (Wildman–Crippen LogP) is 2.67. The second-order valence-corrected chi connectivity index (χ2v) is 5.69. The van der Waals surface area contributed by atoms with Crippen LogP contribution in [0.15, 0.2) is 33.0 Å². The van der Waals surface area contributed by atoms with E-state index in [1.807, 2.05) is 12.3 Å².